The van der Waals surface area contributed by atoms with Crippen LogP contribution in [0, 0.1) is 6.92 Å². The lowest BCUT2D eigenvalue weighted by Gasteiger charge is -2.14. The Bertz CT molecular complexity index is 540. The average molecular weight is 254 g/mol. The lowest BCUT2D eigenvalue weighted by atomic mass is 10.0. The van der Waals surface area contributed by atoms with Crippen LogP contribution in [-0.2, 0) is 25.8 Å². The zero-order valence-electron chi connectivity index (χ0n) is 11.7. The predicted molar refractivity (Wildman–Crippen MR) is 78.4 cm³/mol. The molecular formula is C17H22N2. The summed E-state index contributed by atoms with van der Waals surface area (Å²) in [6, 6.07) is 10.8. The zero-order valence-corrected chi connectivity index (χ0v) is 11.7. The van der Waals surface area contributed by atoms with Crippen molar-refractivity contribution in [2.75, 3.05) is 0 Å². The Labute approximate surface area is 115 Å². The molecule has 100 valence electrons. The molecule has 0 saturated carbocycles. The van der Waals surface area contributed by atoms with E-state index in [4.69, 9.17) is 4.98 Å². The summed E-state index contributed by atoms with van der Waals surface area (Å²) in [5.74, 6) is 1.21. The van der Waals surface area contributed by atoms with Crippen molar-refractivity contribution in [1.29, 1.82) is 0 Å². The first kappa shape index (κ1) is 12.5. The third-order valence-corrected chi connectivity index (χ3v) is 4.11. The highest BCUT2D eigenvalue weighted by Crippen LogP contribution is 2.22. The van der Waals surface area contributed by atoms with Crippen molar-refractivity contribution in [2.24, 2.45) is 0 Å². The second-order valence-electron chi connectivity index (χ2n) is 5.50. The van der Waals surface area contributed by atoms with Crippen molar-refractivity contribution >= 4 is 0 Å². The van der Waals surface area contributed by atoms with Gasteiger partial charge in [-0.25, -0.2) is 4.98 Å². The number of aryl methyl sites for hydroxylation is 3. The predicted octanol–water partition coefficient (Wildman–Crippen LogP) is 3.70. The zero-order chi connectivity index (χ0) is 13.1. The van der Waals surface area contributed by atoms with E-state index in [1.54, 1.807) is 0 Å². The van der Waals surface area contributed by atoms with Gasteiger partial charge in [-0.3, -0.25) is 0 Å². The number of aromatic nitrogens is 2. The first-order valence-electron chi connectivity index (χ1n) is 7.43. The van der Waals surface area contributed by atoms with Crippen LogP contribution in [0.5, 0.6) is 0 Å². The van der Waals surface area contributed by atoms with Crippen LogP contribution in [0.2, 0.25) is 0 Å². The molecule has 0 unspecified atom stereocenters. The maximum atomic E-state index is 4.74. The van der Waals surface area contributed by atoms with E-state index in [9.17, 15) is 0 Å². The molecular weight excluding hydrogens is 232 g/mol. The number of fused-ring (bicyclic) bond motifs is 1. The summed E-state index contributed by atoms with van der Waals surface area (Å²) in [5.41, 5.74) is 4.31. The van der Waals surface area contributed by atoms with Crippen LogP contribution in [0.3, 0.4) is 0 Å². The smallest absolute Gasteiger partial charge is 0.106 e. The Morgan fingerprint density at radius 2 is 1.89 bits per heavy atom. The van der Waals surface area contributed by atoms with Gasteiger partial charge in [0.15, 0.2) is 0 Å². The molecule has 0 radical (unpaired) electrons. The number of benzene rings is 1. The quantitative estimate of drug-likeness (QED) is 0.813. The van der Waals surface area contributed by atoms with Gasteiger partial charge in [0.1, 0.15) is 5.82 Å². The molecule has 0 saturated heterocycles. The van der Waals surface area contributed by atoms with E-state index < -0.39 is 0 Å². The molecule has 1 aliphatic rings. The molecule has 1 aromatic heterocycles. The topological polar surface area (TPSA) is 17.8 Å². The summed E-state index contributed by atoms with van der Waals surface area (Å²) in [4.78, 5) is 4.74. The van der Waals surface area contributed by atoms with E-state index in [0.29, 0.717) is 0 Å². The van der Waals surface area contributed by atoms with Crippen LogP contribution >= 0.6 is 0 Å². The second kappa shape index (κ2) is 5.60. The number of hydrogen-bond acceptors (Lipinski definition) is 1. The van der Waals surface area contributed by atoms with Crippen LogP contribution in [0.15, 0.2) is 30.3 Å². The fourth-order valence-corrected chi connectivity index (χ4v) is 3.12. The molecule has 0 amide bonds. The third kappa shape index (κ3) is 2.73. The maximum absolute atomic E-state index is 4.74. The molecule has 0 atom stereocenters. The fraction of sp³-hybridized carbons (Fsp3) is 0.471. The normalized spacial score (nSPS) is 14.4. The Kier molecular flexibility index (Phi) is 3.67. The van der Waals surface area contributed by atoms with Crippen LogP contribution in [0.4, 0.5) is 0 Å². The number of hydrogen-bond donors (Lipinski definition) is 0. The fourth-order valence-electron chi connectivity index (χ4n) is 3.12. The van der Waals surface area contributed by atoms with E-state index in [2.05, 4.69) is 41.8 Å². The highest BCUT2D eigenvalue weighted by molar-refractivity contribution is 5.20. The molecule has 2 heteroatoms. The summed E-state index contributed by atoms with van der Waals surface area (Å²) in [6.07, 6.45) is 7.41. The number of nitrogens with zero attached hydrogens (tertiary/aromatic N) is 2. The van der Waals surface area contributed by atoms with E-state index in [1.807, 2.05) is 0 Å². The van der Waals surface area contributed by atoms with Crippen LogP contribution < -0.4 is 0 Å². The highest BCUT2D eigenvalue weighted by atomic mass is 15.1. The molecule has 1 heterocycles. The minimum Gasteiger partial charge on any atom is -0.332 e. The molecule has 0 aliphatic heterocycles. The van der Waals surface area contributed by atoms with E-state index in [0.717, 1.165) is 13.0 Å². The molecule has 0 bridgehead atoms. The average Bonchev–Trinajstić information content (AvgIpc) is 2.76. The van der Waals surface area contributed by atoms with Gasteiger partial charge in [0.2, 0.25) is 0 Å². The molecule has 1 aromatic carbocycles. The van der Waals surface area contributed by atoms with Gasteiger partial charge in [-0.1, -0.05) is 30.3 Å². The van der Waals surface area contributed by atoms with Gasteiger partial charge in [0, 0.05) is 12.2 Å². The summed E-state index contributed by atoms with van der Waals surface area (Å²) in [6.45, 7) is 3.27. The summed E-state index contributed by atoms with van der Waals surface area (Å²) in [7, 11) is 0. The van der Waals surface area contributed by atoms with Gasteiger partial charge in [-0.2, -0.15) is 0 Å². The Balaban J connectivity index is 1.65. The van der Waals surface area contributed by atoms with Crippen LogP contribution in [0.25, 0.3) is 0 Å². The lowest BCUT2D eigenvalue weighted by molar-refractivity contribution is 0.573. The molecule has 2 aromatic rings. The molecule has 0 N–H and O–H groups in total. The largest absolute Gasteiger partial charge is 0.332 e. The van der Waals surface area contributed by atoms with E-state index >= 15 is 0 Å². The summed E-state index contributed by atoms with van der Waals surface area (Å²) in [5, 5.41) is 0. The molecule has 0 spiro atoms. The van der Waals surface area contributed by atoms with E-state index in [-0.39, 0.29) is 0 Å². The van der Waals surface area contributed by atoms with Crippen LogP contribution in [0.1, 0.15) is 42.0 Å². The summed E-state index contributed by atoms with van der Waals surface area (Å²) < 4.78 is 2.46. The molecule has 1 aliphatic carbocycles. The van der Waals surface area contributed by atoms with Crippen molar-refractivity contribution in [3.05, 3.63) is 53.1 Å². The van der Waals surface area contributed by atoms with Gasteiger partial charge in [-0.15, -0.1) is 0 Å². The van der Waals surface area contributed by atoms with E-state index in [1.165, 1.54) is 54.9 Å². The van der Waals surface area contributed by atoms with Crippen molar-refractivity contribution in [3.63, 3.8) is 0 Å². The Morgan fingerprint density at radius 3 is 2.74 bits per heavy atom. The standard InChI is InChI=1S/C17H22N2/c1-14-18-16-11-5-6-12-17(16)19(14)13-7-10-15-8-3-2-4-9-15/h2-4,8-9H,5-7,10-13H2,1H3. The third-order valence-electron chi connectivity index (χ3n) is 4.11. The molecule has 0 fully saturated rings. The Morgan fingerprint density at radius 1 is 1.11 bits per heavy atom. The molecule has 3 rings (SSSR count). The molecule has 2 nitrogen and oxygen atoms in total. The summed E-state index contributed by atoms with van der Waals surface area (Å²) >= 11 is 0. The minimum atomic E-state index is 1.11. The first-order valence-corrected chi connectivity index (χ1v) is 7.43. The Hall–Kier alpha value is -1.57. The van der Waals surface area contributed by atoms with Gasteiger partial charge in [0.05, 0.1) is 5.69 Å². The second-order valence-corrected chi connectivity index (χ2v) is 5.50. The van der Waals surface area contributed by atoms with Gasteiger partial charge >= 0.3 is 0 Å². The minimum absolute atomic E-state index is 1.11. The molecule has 19 heavy (non-hydrogen) atoms. The van der Waals surface area contributed by atoms with Gasteiger partial charge < -0.3 is 4.57 Å². The first-order chi connectivity index (χ1) is 9.34. The monoisotopic (exact) mass is 254 g/mol. The number of imidazole rings is 1. The lowest BCUT2D eigenvalue weighted by Crippen LogP contribution is -2.10. The maximum Gasteiger partial charge on any atom is 0.106 e. The van der Waals surface area contributed by atoms with Crippen molar-refractivity contribution in [2.45, 2.75) is 52.0 Å². The van der Waals surface area contributed by atoms with Crippen molar-refractivity contribution in [3.8, 4) is 0 Å². The van der Waals surface area contributed by atoms with Crippen LogP contribution in [-0.4, -0.2) is 9.55 Å². The highest BCUT2D eigenvalue weighted by Gasteiger charge is 2.17. The SMILES string of the molecule is Cc1nc2c(n1CCCc1ccccc1)CCCC2. The van der Waals surface area contributed by atoms with Crippen molar-refractivity contribution in [1.82, 2.24) is 9.55 Å². The van der Waals surface area contributed by atoms with Gasteiger partial charge in [0.25, 0.3) is 0 Å². The van der Waals surface area contributed by atoms with Crippen molar-refractivity contribution < 1.29 is 0 Å². The number of rotatable bonds is 4. The van der Waals surface area contributed by atoms with Gasteiger partial charge in [-0.05, 0) is 51.0 Å².